The molecule has 4 aromatic rings. The molecule has 1 unspecified atom stereocenters. The number of aryl methyl sites for hydroxylation is 2. The van der Waals surface area contributed by atoms with Crippen molar-refractivity contribution in [3.8, 4) is 5.69 Å². The minimum atomic E-state index is -0.146. The first-order valence-electron chi connectivity index (χ1n) is 10.7. The van der Waals surface area contributed by atoms with Crippen LogP contribution in [0.2, 0.25) is 0 Å². The summed E-state index contributed by atoms with van der Waals surface area (Å²) >= 11 is 1.31. The Kier molecular flexibility index (Phi) is 6.06. The molecule has 0 aliphatic heterocycles. The van der Waals surface area contributed by atoms with E-state index in [1.807, 2.05) is 67.6 Å². The zero-order chi connectivity index (χ0) is 23.0. The average molecular weight is 450 g/mol. The van der Waals surface area contributed by atoms with Crippen LogP contribution in [0.15, 0.2) is 52.4 Å². The fourth-order valence-corrected chi connectivity index (χ4v) is 4.39. The number of thioether (sulfide) groups is 1. The van der Waals surface area contributed by atoms with Crippen molar-refractivity contribution in [2.75, 3.05) is 5.75 Å². The number of hydrogen-bond donors (Lipinski definition) is 1. The maximum absolute atomic E-state index is 13.5. The Morgan fingerprint density at radius 1 is 1.09 bits per heavy atom. The lowest BCUT2D eigenvalue weighted by Gasteiger charge is -2.17. The molecule has 166 valence electrons. The zero-order valence-corrected chi connectivity index (χ0v) is 19.7. The van der Waals surface area contributed by atoms with Crippen LogP contribution in [0.5, 0.6) is 0 Å². The van der Waals surface area contributed by atoms with E-state index in [0.717, 1.165) is 22.3 Å². The second kappa shape index (κ2) is 8.78. The molecule has 2 aromatic heterocycles. The van der Waals surface area contributed by atoms with Crippen molar-refractivity contribution in [3.63, 3.8) is 0 Å². The Hall–Kier alpha value is -3.13. The summed E-state index contributed by atoms with van der Waals surface area (Å²) in [5, 5.41) is 12.9. The Balaban J connectivity index is 1.83. The molecule has 1 amide bonds. The van der Waals surface area contributed by atoms with Gasteiger partial charge >= 0.3 is 0 Å². The Labute approximate surface area is 190 Å². The molecule has 0 bridgehead atoms. The smallest absolute Gasteiger partial charge is 0.267 e. The summed E-state index contributed by atoms with van der Waals surface area (Å²) in [6.45, 7) is 10.1. The van der Waals surface area contributed by atoms with Gasteiger partial charge in [-0.15, -0.1) is 10.2 Å². The molecule has 2 heterocycles. The molecule has 0 saturated carbocycles. The van der Waals surface area contributed by atoms with Crippen LogP contribution >= 0.6 is 11.8 Å². The number of carbonyl (C=O) groups is 1. The van der Waals surface area contributed by atoms with E-state index < -0.39 is 0 Å². The molecular formula is C24H27N5O2S. The molecule has 7 nitrogen and oxygen atoms in total. The molecule has 0 saturated heterocycles. The number of nitrogens with zero attached hydrogens (tertiary/aromatic N) is 4. The van der Waals surface area contributed by atoms with Gasteiger partial charge in [0.15, 0.2) is 5.16 Å². The lowest BCUT2D eigenvalue weighted by Crippen LogP contribution is -2.37. The molecule has 2 aromatic carbocycles. The maximum atomic E-state index is 13.5. The number of aromatic nitrogens is 4. The third-order valence-electron chi connectivity index (χ3n) is 5.71. The van der Waals surface area contributed by atoms with Crippen LogP contribution in [0.3, 0.4) is 0 Å². The van der Waals surface area contributed by atoms with E-state index in [2.05, 4.69) is 29.4 Å². The Bertz CT molecular complexity index is 1370. The van der Waals surface area contributed by atoms with Crippen molar-refractivity contribution >= 4 is 34.3 Å². The van der Waals surface area contributed by atoms with Crippen LogP contribution in [0.1, 0.15) is 31.9 Å². The van der Waals surface area contributed by atoms with Crippen LogP contribution in [0.4, 0.5) is 0 Å². The van der Waals surface area contributed by atoms with Gasteiger partial charge in [0.2, 0.25) is 11.7 Å². The van der Waals surface area contributed by atoms with Crippen molar-refractivity contribution in [1.82, 2.24) is 24.5 Å². The summed E-state index contributed by atoms with van der Waals surface area (Å²) < 4.78 is 3.47. The van der Waals surface area contributed by atoms with E-state index in [1.54, 1.807) is 4.57 Å². The van der Waals surface area contributed by atoms with Gasteiger partial charge < -0.3 is 5.32 Å². The minimum Gasteiger partial charge on any atom is -0.353 e. The van der Waals surface area contributed by atoms with Gasteiger partial charge in [0.25, 0.3) is 5.56 Å². The quantitative estimate of drug-likeness (QED) is 0.452. The number of carbonyl (C=O) groups excluding carboxylic acids is 1. The number of nitrogens with one attached hydrogen (secondary N) is 1. The Morgan fingerprint density at radius 3 is 2.56 bits per heavy atom. The highest BCUT2D eigenvalue weighted by Gasteiger charge is 2.20. The van der Waals surface area contributed by atoms with Crippen molar-refractivity contribution in [3.05, 3.63) is 63.9 Å². The van der Waals surface area contributed by atoms with Gasteiger partial charge in [0.1, 0.15) is 0 Å². The highest BCUT2D eigenvalue weighted by Crippen LogP contribution is 2.24. The van der Waals surface area contributed by atoms with E-state index in [0.29, 0.717) is 22.2 Å². The first-order chi connectivity index (χ1) is 15.3. The number of rotatable bonds is 6. The summed E-state index contributed by atoms with van der Waals surface area (Å²) in [5.74, 6) is 0.947. The third-order valence-corrected chi connectivity index (χ3v) is 6.64. The monoisotopic (exact) mass is 449 g/mol. The largest absolute Gasteiger partial charge is 0.353 e. The number of amides is 1. The summed E-state index contributed by atoms with van der Waals surface area (Å²) in [6, 6.07) is 13.5. The second-order valence-corrected chi connectivity index (χ2v) is 9.40. The first-order valence-corrected chi connectivity index (χ1v) is 11.6. The van der Waals surface area contributed by atoms with Gasteiger partial charge in [-0.1, -0.05) is 55.4 Å². The molecule has 1 N–H and O–H groups in total. The number of benzene rings is 2. The van der Waals surface area contributed by atoms with E-state index in [9.17, 15) is 9.59 Å². The summed E-state index contributed by atoms with van der Waals surface area (Å²) in [7, 11) is 0. The van der Waals surface area contributed by atoms with Gasteiger partial charge in [0.05, 0.1) is 22.3 Å². The number of fused-ring (bicyclic) bond motifs is 3. The van der Waals surface area contributed by atoms with E-state index >= 15 is 0 Å². The lowest BCUT2D eigenvalue weighted by atomic mass is 10.1. The van der Waals surface area contributed by atoms with Crippen LogP contribution in [-0.4, -0.2) is 36.9 Å². The topological polar surface area (TPSA) is 81.3 Å². The van der Waals surface area contributed by atoms with E-state index in [-0.39, 0.29) is 23.3 Å². The lowest BCUT2D eigenvalue weighted by molar-refractivity contribution is -0.119. The predicted molar refractivity (Wildman–Crippen MR) is 129 cm³/mol. The molecule has 4 rings (SSSR count). The predicted octanol–water partition coefficient (Wildman–Crippen LogP) is 3.90. The number of hydrogen-bond acceptors (Lipinski definition) is 5. The normalized spacial score (nSPS) is 12.6. The second-order valence-electron chi connectivity index (χ2n) is 8.45. The van der Waals surface area contributed by atoms with Crippen molar-refractivity contribution < 1.29 is 4.79 Å². The van der Waals surface area contributed by atoms with Crippen molar-refractivity contribution in [2.24, 2.45) is 5.92 Å². The van der Waals surface area contributed by atoms with Gasteiger partial charge in [-0.25, -0.2) is 4.57 Å². The van der Waals surface area contributed by atoms with E-state index in [4.69, 9.17) is 0 Å². The fraction of sp³-hybridized carbons (Fsp3) is 0.333. The maximum Gasteiger partial charge on any atom is 0.267 e. The summed E-state index contributed by atoms with van der Waals surface area (Å²) in [6.07, 6.45) is 0. The number of para-hydroxylation sites is 1. The van der Waals surface area contributed by atoms with Gasteiger partial charge in [-0.05, 0) is 50.5 Å². The standard InChI is InChI=1S/C24H27N5O2S/c1-14(2)17(5)25-21(30)13-32-24-27-26-23-28(19-11-10-15(3)12-16(19)4)22(31)18-8-6-7-9-20(18)29(23)24/h6-12,14,17H,13H2,1-5H3,(H,25,30). The van der Waals surface area contributed by atoms with Gasteiger partial charge in [-0.2, -0.15) is 0 Å². The van der Waals surface area contributed by atoms with Crippen molar-refractivity contribution in [2.45, 2.75) is 45.8 Å². The molecular weight excluding hydrogens is 422 g/mol. The molecule has 0 aliphatic rings. The Morgan fingerprint density at radius 2 is 1.84 bits per heavy atom. The molecule has 0 radical (unpaired) electrons. The highest BCUT2D eigenvalue weighted by atomic mass is 32.2. The molecule has 1 atom stereocenters. The molecule has 8 heteroatoms. The third kappa shape index (κ3) is 4.02. The van der Waals surface area contributed by atoms with Crippen LogP contribution in [-0.2, 0) is 4.79 Å². The SMILES string of the molecule is Cc1ccc(-n2c(=O)c3ccccc3n3c(SCC(=O)NC(C)C(C)C)nnc23)c(C)c1. The van der Waals surface area contributed by atoms with E-state index in [1.165, 1.54) is 11.8 Å². The average Bonchev–Trinajstić information content (AvgIpc) is 3.17. The van der Waals surface area contributed by atoms with Crippen LogP contribution in [0.25, 0.3) is 22.4 Å². The van der Waals surface area contributed by atoms with Crippen LogP contribution in [0, 0.1) is 19.8 Å². The van der Waals surface area contributed by atoms with Gasteiger partial charge in [-0.3, -0.25) is 14.0 Å². The zero-order valence-electron chi connectivity index (χ0n) is 18.9. The summed E-state index contributed by atoms with van der Waals surface area (Å²) in [5.41, 5.74) is 3.44. The van der Waals surface area contributed by atoms with Gasteiger partial charge in [0, 0.05) is 6.04 Å². The molecule has 0 fully saturated rings. The van der Waals surface area contributed by atoms with Crippen molar-refractivity contribution in [1.29, 1.82) is 0 Å². The minimum absolute atomic E-state index is 0.0556. The summed E-state index contributed by atoms with van der Waals surface area (Å²) in [4.78, 5) is 25.9. The molecule has 0 aliphatic carbocycles. The van der Waals surface area contributed by atoms with Crippen LogP contribution < -0.4 is 10.9 Å². The highest BCUT2D eigenvalue weighted by molar-refractivity contribution is 7.99. The fourth-order valence-electron chi connectivity index (χ4n) is 3.64. The first kappa shape index (κ1) is 22.1. The molecule has 0 spiro atoms. The molecule has 32 heavy (non-hydrogen) atoms.